The third-order valence-corrected chi connectivity index (χ3v) is 1.97. The molecular weight excluding hydrogens is 182 g/mol. The molecule has 1 aromatic carbocycles. The first-order valence-corrected chi connectivity index (χ1v) is 4.75. The molecule has 0 aliphatic carbocycles. The molecule has 13 heavy (non-hydrogen) atoms. The Bertz CT molecular complexity index is 277. The molecular formula is C11H14ClN. The smallest absolute Gasteiger partial charge is 0.0416 e. The summed E-state index contributed by atoms with van der Waals surface area (Å²) in [6.07, 6.45) is 4.14. The summed E-state index contributed by atoms with van der Waals surface area (Å²) in [6, 6.07) is 8.06. The van der Waals surface area contributed by atoms with Crippen LogP contribution in [0.2, 0.25) is 5.02 Å². The van der Waals surface area contributed by atoms with Crippen LogP contribution in [0.1, 0.15) is 13.8 Å². The Morgan fingerprint density at radius 3 is 2.46 bits per heavy atom. The van der Waals surface area contributed by atoms with E-state index in [9.17, 15) is 0 Å². The molecule has 0 amide bonds. The maximum Gasteiger partial charge on any atom is 0.0416 e. The lowest BCUT2D eigenvalue weighted by Crippen LogP contribution is -2.11. The van der Waals surface area contributed by atoms with Gasteiger partial charge in [0.25, 0.3) is 0 Å². The highest BCUT2D eigenvalue weighted by Crippen LogP contribution is 2.14. The van der Waals surface area contributed by atoms with Crippen LogP contribution in [0.4, 0.5) is 5.69 Å². The normalized spacial score (nSPS) is 13.2. The third-order valence-electron chi connectivity index (χ3n) is 1.72. The zero-order chi connectivity index (χ0) is 9.68. The van der Waals surface area contributed by atoms with Gasteiger partial charge in [0, 0.05) is 16.8 Å². The molecule has 0 aliphatic rings. The van der Waals surface area contributed by atoms with Gasteiger partial charge in [0.2, 0.25) is 0 Å². The lowest BCUT2D eigenvalue weighted by atomic mass is 10.2. The van der Waals surface area contributed by atoms with Crippen molar-refractivity contribution in [2.45, 2.75) is 19.9 Å². The molecule has 0 heterocycles. The van der Waals surface area contributed by atoms with Gasteiger partial charge in [-0.15, -0.1) is 0 Å². The summed E-state index contributed by atoms with van der Waals surface area (Å²) in [5.74, 6) is 0. The Kier molecular flexibility index (Phi) is 3.84. The fourth-order valence-electron chi connectivity index (χ4n) is 1.15. The maximum atomic E-state index is 5.77. The molecule has 1 rings (SSSR count). The summed E-state index contributed by atoms with van der Waals surface area (Å²) in [5, 5.41) is 4.09. The molecule has 0 spiro atoms. The van der Waals surface area contributed by atoms with Crippen molar-refractivity contribution in [3.63, 3.8) is 0 Å². The van der Waals surface area contributed by atoms with Crippen molar-refractivity contribution in [1.82, 2.24) is 0 Å². The molecule has 0 aliphatic heterocycles. The Morgan fingerprint density at radius 1 is 1.31 bits per heavy atom. The first-order valence-electron chi connectivity index (χ1n) is 4.37. The molecule has 2 heteroatoms. The molecule has 1 nitrogen and oxygen atoms in total. The van der Waals surface area contributed by atoms with Crippen molar-refractivity contribution in [2.75, 3.05) is 5.32 Å². The fourth-order valence-corrected chi connectivity index (χ4v) is 1.27. The summed E-state index contributed by atoms with van der Waals surface area (Å²) in [4.78, 5) is 0. The molecule has 1 unspecified atom stereocenters. The summed E-state index contributed by atoms with van der Waals surface area (Å²) in [6.45, 7) is 4.12. The maximum absolute atomic E-state index is 5.77. The minimum absolute atomic E-state index is 0.353. The van der Waals surface area contributed by atoms with Crippen molar-refractivity contribution < 1.29 is 0 Å². The summed E-state index contributed by atoms with van der Waals surface area (Å²) in [5.41, 5.74) is 1.09. The topological polar surface area (TPSA) is 12.0 Å². The highest BCUT2D eigenvalue weighted by atomic mass is 35.5. The minimum atomic E-state index is 0.353. The van der Waals surface area contributed by atoms with Gasteiger partial charge in [0.05, 0.1) is 0 Å². The van der Waals surface area contributed by atoms with Gasteiger partial charge in [0.15, 0.2) is 0 Å². The van der Waals surface area contributed by atoms with E-state index in [0.717, 1.165) is 10.7 Å². The number of nitrogens with one attached hydrogen (secondary N) is 1. The molecule has 1 N–H and O–H groups in total. The quantitative estimate of drug-likeness (QED) is 0.725. The average Bonchev–Trinajstić information content (AvgIpc) is 2.09. The molecule has 0 fully saturated rings. The van der Waals surface area contributed by atoms with Crippen LogP contribution in [0.3, 0.4) is 0 Å². The number of rotatable bonds is 3. The Hall–Kier alpha value is -0.950. The van der Waals surface area contributed by atoms with Crippen molar-refractivity contribution in [2.24, 2.45) is 0 Å². The van der Waals surface area contributed by atoms with Crippen LogP contribution in [0.15, 0.2) is 36.4 Å². The van der Waals surface area contributed by atoms with Gasteiger partial charge in [-0.05, 0) is 38.1 Å². The van der Waals surface area contributed by atoms with Gasteiger partial charge < -0.3 is 5.32 Å². The van der Waals surface area contributed by atoms with Crippen molar-refractivity contribution in [3.05, 3.63) is 41.4 Å². The van der Waals surface area contributed by atoms with E-state index in [4.69, 9.17) is 11.6 Å². The zero-order valence-electron chi connectivity index (χ0n) is 7.92. The van der Waals surface area contributed by atoms with E-state index < -0.39 is 0 Å². The molecule has 0 saturated heterocycles. The highest BCUT2D eigenvalue weighted by molar-refractivity contribution is 6.30. The van der Waals surface area contributed by atoms with Crippen molar-refractivity contribution >= 4 is 17.3 Å². The van der Waals surface area contributed by atoms with E-state index in [0.29, 0.717) is 6.04 Å². The SMILES string of the molecule is C/C=C/C(C)Nc1ccc(Cl)cc1. The van der Waals surface area contributed by atoms with Crippen LogP contribution in [0, 0.1) is 0 Å². The predicted octanol–water partition coefficient (Wildman–Crippen LogP) is 3.72. The number of allylic oxidation sites excluding steroid dienone is 1. The lowest BCUT2D eigenvalue weighted by molar-refractivity contribution is 0.995. The average molecular weight is 196 g/mol. The van der Waals surface area contributed by atoms with Crippen LogP contribution in [-0.4, -0.2) is 6.04 Å². The van der Waals surface area contributed by atoms with Crippen molar-refractivity contribution in [3.8, 4) is 0 Å². The second kappa shape index (κ2) is 4.93. The molecule has 1 atom stereocenters. The Labute approximate surface area is 84.4 Å². The highest BCUT2D eigenvalue weighted by Gasteiger charge is 1.95. The van der Waals surface area contributed by atoms with Crippen LogP contribution >= 0.6 is 11.6 Å². The number of benzene rings is 1. The van der Waals surface area contributed by atoms with E-state index >= 15 is 0 Å². The Balaban J connectivity index is 2.59. The summed E-state index contributed by atoms with van der Waals surface area (Å²) in [7, 11) is 0. The number of halogens is 1. The van der Waals surface area contributed by atoms with Gasteiger partial charge in [-0.3, -0.25) is 0 Å². The lowest BCUT2D eigenvalue weighted by Gasteiger charge is -2.10. The van der Waals surface area contributed by atoms with Gasteiger partial charge >= 0.3 is 0 Å². The molecule has 0 aromatic heterocycles. The van der Waals surface area contributed by atoms with E-state index in [2.05, 4.69) is 18.3 Å². The number of anilines is 1. The number of hydrogen-bond donors (Lipinski definition) is 1. The predicted molar refractivity (Wildman–Crippen MR) is 59.4 cm³/mol. The molecule has 0 radical (unpaired) electrons. The second-order valence-electron chi connectivity index (χ2n) is 2.97. The fraction of sp³-hybridized carbons (Fsp3) is 0.273. The largest absolute Gasteiger partial charge is 0.379 e. The van der Waals surface area contributed by atoms with Crippen LogP contribution < -0.4 is 5.32 Å². The first-order chi connectivity index (χ1) is 6.22. The zero-order valence-corrected chi connectivity index (χ0v) is 8.68. The van der Waals surface area contributed by atoms with Crippen LogP contribution in [0.5, 0.6) is 0 Å². The van der Waals surface area contributed by atoms with Gasteiger partial charge in [-0.2, -0.15) is 0 Å². The van der Waals surface area contributed by atoms with Crippen LogP contribution in [-0.2, 0) is 0 Å². The first kappa shape index (κ1) is 10.1. The molecule has 0 bridgehead atoms. The molecule has 1 aromatic rings. The second-order valence-corrected chi connectivity index (χ2v) is 3.40. The van der Waals surface area contributed by atoms with Crippen molar-refractivity contribution in [1.29, 1.82) is 0 Å². The Morgan fingerprint density at radius 2 is 1.92 bits per heavy atom. The van der Waals surface area contributed by atoms with Gasteiger partial charge in [-0.1, -0.05) is 23.8 Å². The van der Waals surface area contributed by atoms with Gasteiger partial charge in [0.1, 0.15) is 0 Å². The standard InChI is InChI=1S/C11H14ClN/c1-3-4-9(2)13-11-7-5-10(12)6-8-11/h3-9,13H,1-2H3/b4-3+. The third kappa shape index (κ3) is 3.51. The molecule has 70 valence electrons. The van der Waals surface area contributed by atoms with E-state index in [1.54, 1.807) is 0 Å². The monoisotopic (exact) mass is 195 g/mol. The molecule has 0 saturated carbocycles. The summed E-state index contributed by atoms with van der Waals surface area (Å²) < 4.78 is 0. The van der Waals surface area contributed by atoms with E-state index in [1.807, 2.05) is 37.3 Å². The van der Waals surface area contributed by atoms with E-state index in [-0.39, 0.29) is 0 Å². The van der Waals surface area contributed by atoms with Crippen LogP contribution in [0.25, 0.3) is 0 Å². The van der Waals surface area contributed by atoms with Gasteiger partial charge in [-0.25, -0.2) is 0 Å². The number of hydrogen-bond acceptors (Lipinski definition) is 1. The minimum Gasteiger partial charge on any atom is -0.379 e. The summed E-state index contributed by atoms with van der Waals surface area (Å²) >= 11 is 5.77. The van der Waals surface area contributed by atoms with E-state index in [1.165, 1.54) is 0 Å².